The summed E-state index contributed by atoms with van der Waals surface area (Å²) in [6.07, 6.45) is 7.21. The van der Waals surface area contributed by atoms with Crippen molar-refractivity contribution in [3.8, 4) is 0 Å². The van der Waals surface area contributed by atoms with Gasteiger partial charge >= 0.3 is 6.03 Å². The second-order valence-corrected chi connectivity index (χ2v) is 5.99. The average Bonchev–Trinajstić information content (AvgIpc) is 2.48. The molecule has 2 rings (SSSR count). The average molecular weight is 267 g/mol. The number of piperidine rings is 2. The molecule has 0 saturated carbocycles. The number of hydrogen-bond donors (Lipinski definition) is 1. The van der Waals surface area contributed by atoms with Crippen molar-refractivity contribution in [3.63, 3.8) is 0 Å². The molecule has 4 heteroatoms. The van der Waals surface area contributed by atoms with Crippen LogP contribution in [-0.4, -0.2) is 55.1 Å². The molecule has 1 unspecified atom stereocenters. The Hall–Kier alpha value is -0.770. The zero-order valence-corrected chi connectivity index (χ0v) is 12.4. The molecular weight excluding hydrogens is 238 g/mol. The standard InChI is InChI=1S/C15H29N3O/c1-2-9-18(13-14-7-6-8-16-12-14)15(19)17-10-4-3-5-11-17/h14,16H,2-13H2,1H3. The smallest absolute Gasteiger partial charge is 0.320 e. The normalized spacial score (nSPS) is 24.3. The molecule has 2 amide bonds. The van der Waals surface area contributed by atoms with E-state index in [4.69, 9.17) is 0 Å². The first-order valence-corrected chi connectivity index (χ1v) is 8.06. The van der Waals surface area contributed by atoms with E-state index in [1.54, 1.807) is 0 Å². The summed E-state index contributed by atoms with van der Waals surface area (Å²) in [5.41, 5.74) is 0. The number of nitrogens with zero attached hydrogens (tertiary/aromatic N) is 2. The van der Waals surface area contributed by atoms with E-state index in [1.807, 2.05) is 0 Å². The predicted molar refractivity (Wildman–Crippen MR) is 78.3 cm³/mol. The highest BCUT2D eigenvalue weighted by Crippen LogP contribution is 2.16. The van der Waals surface area contributed by atoms with E-state index in [-0.39, 0.29) is 6.03 Å². The van der Waals surface area contributed by atoms with Gasteiger partial charge in [-0.15, -0.1) is 0 Å². The quantitative estimate of drug-likeness (QED) is 0.848. The van der Waals surface area contributed by atoms with Crippen LogP contribution < -0.4 is 5.32 Å². The van der Waals surface area contributed by atoms with Crippen LogP contribution in [0.25, 0.3) is 0 Å². The van der Waals surface area contributed by atoms with Gasteiger partial charge in [0.25, 0.3) is 0 Å². The molecule has 0 radical (unpaired) electrons. The molecule has 2 saturated heterocycles. The fourth-order valence-corrected chi connectivity index (χ4v) is 3.21. The van der Waals surface area contributed by atoms with Crippen LogP contribution in [0, 0.1) is 5.92 Å². The van der Waals surface area contributed by atoms with Crippen molar-refractivity contribution in [1.82, 2.24) is 15.1 Å². The molecule has 19 heavy (non-hydrogen) atoms. The third-order valence-electron chi connectivity index (χ3n) is 4.27. The minimum atomic E-state index is 0.284. The van der Waals surface area contributed by atoms with E-state index in [0.717, 1.165) is 45.7 Å². The van der Waals surface area contributed by atoms with Crippen molar-refractivity contribution in [2.24, 2.45) is 5.92 Å². The van der Waals surface area contributed by atoms with Crippen molar-refractivity contribution < 1.29 is 4.79 Å². The lowest BCUT2D eigenvalue weighted by Gasteiger charge is -2.35. The summed E-state index contributed by atoms with van der Waals surface area (Å²) < 4.78 is 0. The van der Waals surface area contributed by atoms with Crippen LogP contribution >= 0.6 is 0 Å². The first-order chi connectivity index (χ1) is 9.31. The molecular formula is C15H29N3O. The Kier molecular flexibility index (Phi) is 5.95. The number of carbonyl (C=O) groups excluding carboxylic acids is 1. The van der Waals surface area contributed by atoms with E-state index in [0.29, 0.717) is 5.92 Å². The zero-order chi connectivity index (χ0) is 13.5. The summed E-state index contributed by atoms with van der Waals surface area (Å²) in [6.45, 7) is 8.15. The number of amides is 2. The lowest BCUT2D eigenvalue weighted by atomic mass is 9.99. The maximum atomic E-state index is 12.6. The highest BCUT2D eigenvalue weighted by atomic mass is 16.2. The predicted octanol–water partition coefficient (Wildman–Crippen LogP) is 2.30. The second-order valence-electron chi connectivity index (χ2n) is 5.99. The van der Waals surface area contributed by atoms with E-state index in [9.17, 15) is 4.79 Å². The molecule has 2 heterocycles. The topological polar surface area (TPSA) is 35.6 Å². The first-order valence-electron chi connectivity index (χ1n) is 8.06. The van der Waals surface area contributed by atoms with Crippen molar-refractivity contribution in [3.05, 3.63) is 0 Å². The Labute approximate surface area is 117 Å². The molecule has 0 spiro atoms. The molecule has 0 aliphatic carbocycles. The summed E-state index contributed by atoms with van der Waals surface area (Å²) in [7, 11) is 0. The molecule has 0 aromatic heterocycles. The Bertz CT molecular complexity index is 271. The van der Waals surface area contributed by atoms with Crippen LogP contribution in [-0.2, 0) is 0 Å². The summed E-state index contributed by atoms with van der Waals surface area (Å²) in [6, 6.07) is 0.284. The molecule has 4 nitrogen and oxygen atoms in total. The lowest BCUT2D eigenvalue weighted by molar-refractivity contribution is 0.132. The number of likely N-dealkylation sites (tertiary alicyclic amines) is 1. The van der Waals surface area contributed by atoms with Gasteiger partial charge in [0.2, 0.25) is 0 Å². The van der Waals surface area contributed by atoms with E-state index in [1.165, 1.54) is 32.1 Å². The third kappa shape index (κ3) is 4.37. The van der Waals surface area contributed by atoms with Gasteiger partial charge in [0.1, 0.15) is 0 Å². The molecule has 2 aliphatic heterocycles. The highest BCUT2D eigenvalue weighted by molar-refractivity contribution is 5.74. The van der Waals surface area contributed by atoms with Gasteiger partial charge in [-0.3, -0.25) is 0 Å². The number of urea groups is 1. The van der Waals surface area contributed by atoms with Gasteiger partial charge in [0.05, 0.1) is 0 Å². The highest BCUT2D eigenvalue weighted by Gasteiger charge is 2.25. The van der Waals surface area contributed by atoms with E-state index < -0.39 is 0 Å². The van der Waals surface area contributed by atoms with Gasteiger partial charge in [-0.2, -0.15) is 0 Å². The van der Waals surface area contributed by atoms with Gasteiger partial charge in [-0.1, -0.05) is 6.92 Å². The van der Waals surface area contributed by atoms with Crippen molar-refractivity contribution >= 4 is 6.03 Å². The first kappa shape index (κ1) is 14.6. The van der Waals surface area contributed by atoms with Gasteiger partial charge in [-0.05, 0) is 57.5 Å². The van der Waals surface area contributed by atoms with Crippen LogP contribution in [0.3, 0.4) is 0 Å². The molecule has 110 valence electrons. The molecule has 0 aromatic carbocycles. The van der Waals surface area contributed by atoms with Crippen molar-refractivity contribution in [1.29, 1.82) is 0 Å². The number of nitrogens with one attached hydrogen (secondary N) is 1. The monoisotopic (exact) mass is 267 g/mol. The maximum absolute atomic E-state index is 12.6. The Morgan fingerprint density at radius 1 is 1.26 bits per heavy atom. The lowest BCUT2D eigenvalue weighted by Crippen LogP contribution is -2.48. The van der Waals surface area contributed by atoms with Gasteiger partial charge in [0, 0.05) is 26.2 Å². The summed E-state index contributed by atoms with van der Waals surface area (Å²) in [5.74, 6) is 0.647. The fraction of sp³-hybridized carbons (Fsp3) is 0.933. The Morgan fingerprint density at radius 2 is 2.05 bits per heavy atom. The Balaban J connectivity index is 1.87. The molecule has 0 bridgehead atoms. The largest absolute Gasteiger partial charge is 0.325 e. The third-order valence-corrected chi connectivity index (χ3v) is 4.27. The van der Waals surface area contributed by atoms with Crippen molar-refractivity contribution in [2.75, 3.05) is 39.3 Å². The number of rotatable bonds is 4. The van der Waals surface area contributed by atoms with E-state index >= 15 is 0 Å². The SMILES string of the molecule is CCCN(CC1CCCNC1)C(=O)N1CCCCC1. The fourth-order valence-electron chi connectivity index (χ4n) is 3.21. The minimum Gasteiger partial charge on any atom is -0.325 e. The Morgan fingerprint density at radius 3 is 2.68 bits per heavy atom. The molecule has 0 aromatic rings. The van der Waals surface area contributed by atoms with Crippen LogP contribution in [0.4, 0.5) is 4.79 Å². The zero-order valence-electron chi connectivity index (χ0n) is 12.4. The molecule has 1 N–H and O–H groups in total. The van der Waals surface area contributed by atoms with Crippen molar-refractivity contribution in [2.45, 2.75) is 45.4 Å². The van der Waals surface area contributed by atoms with Crippen LogP contribution in [0.1, 0.15) is 45.4 Å². The van der Waals surface area contributed by atoms with Gasteiger partial charge in [0.15, 0.2) is 0 Å². The van der Waals surface area contributed by atoms with Crippen LogP contribution in [0.15, 0.2) is 0 Å². The van der Waals surface area contributed by atoms with Gasteiger partial charge < -0.3 is 15.1 Å². The summed E-state index contributed by atoms with van der Waals surface area (Å²) in [4.78, 5) is 16.8. The number of hydrogen-bond acceptors (Lipinski definition) is 2. The second kappa shape index (κ2) is 7.73. The van der Waals surface area contributed by atoms with Crippen LogP contribution in [0.2, 0.25) is 0 Å². The summed E-state index contributed by atoms with van der Waals surface area (Å²) >= 11 is 0. The van der Waals surface area contributed by atoms with E-state index in [2.05, 4.69) is 22.0 Å². The molecule has 2 aliphatic rings. The molecule has 2 fully saturated rings. The maximum Gasteiger partial charge on any atom is 0.320 e. The molecule has 1 atom stereocenters. The van der Waals surface area contributed by atoms with Crippen LogP contribution in [0.5, 0.6) is 0 Å². The van der Waals surface area contributed by atoms with Gasteiger partial charge in [-0.25, -0.2) is 4.79 Å². The number of carbonyl (C=O) groups is 1. The minimum absolute atomic E-state index is 0.284. The summed E-state index contributed by atoms with van der Waals surface area (Å²) in [5, 5.41) is 3.45.